The van der Waals surface area contributed by atoms with E-state index in [1.165, 1.54) is 7.05 Å². The van der Waals surface area contributed by atoms with E-state index in [0.29, 0.717) is 18.3 Å². The smallest absolute Gasteiger partial charge is 0.412 e. The van der Waals surface area contributed by atoms with E-state index in [-0.39, 0.29) is 0 Å². The van der Waals surface area contributed by atoms with Gasteiger partial charge in [-0.3, -0.25) is 4.90 Å². The van der Waals surface area contributed by atoms with E-state index in [4.69, 9.17) is 10.5 Å². The fraction of sp³-hybridized carbons (Fsp3) is 0.333. The molecule has 0 spiro atoms. The monoisotopic (exact) mass is 407 g/mol. The summed E-state index contributed by atoms with van der Waals surface area (Å²) in [5.41, 5.74) is 7.88. The number of benzene rings is 2. The summed E-state index contributed by atoms with van der Waals surface area (Å²) in [6.45, 7) is 6.75. The molecule has 2 aromatic carbocycles. The number of rotatable bonds is 7. The summed E-state index contributed by atoms with van der Waals surface area (Å²) >= 11 is 0. The van der Waals surface area contributed by atoms with Crippen LogP contribution in [0.15, 0.2) is 54.7 Å². The van der Waals surface area contributed by atoms with Gasteiger partial charge in [0.15, 0.2) is 0 Å². The van der Waals surface area contributed by atoms with E-state index in [1.54, 1.807) is 12.3 Å². The lowest BCUT2D eigenvalue weighted by atomic mass is 9.92. The molecule has 0 fully saturated rings. The molecule has 3 aromatic rings. The second-order valence-corrected chi connectivity index (χ2v) is 8.44. The van der Waals surface area contributed by atoms with Crippen molar-refractivity contribution >= 4 is 22.7 Å². The number of anilines is 1. The lowest BCUT2D eigenvalue weighted by Crippen LogP contribution is -2.43. The predicted octanol–water partition coefficient (Wildman–Crippen LogP) is 5.16. The largest absolute Gasteiger partial charge is 0.491 e. The van der Waals surface area contributed by atoms with Gasteiger partial charge in [0.2, 0.25) is 0 Å². The summed E-state index contributed by atoms with van der Waals surface area (Å²) in [5.74, 6) is 1.65. The first-order valence-electron chi connectivity index (χ1n) is 10.0. The molecule has 0 aliphatic carbocycles. The lowest BCUT2D eigenvalue weighted by Gasteiger charge is -2.27. The zero-order chi connectivity index (χ0) is 21.9. The number of ether oxygens (including phenoxy) is 1. The van der Waals surface area contributed by atoms with Crippen LogP contribution in [0.5, 0.6) is 5.75 Å². The van der Waals surface area contributed by atoms with Crippen molar-refractivity contribution in [3.8, 4) is 16.9 Å². The summed E-state index contributed by atoms with van der Waals surface area (Å²) in [6.07, 6.45) is 1.44. The number of nitrogens with two attached hydrogens (primary N) is 1. The average molecular weight is 408 g/mol. The van der Waals surface area contributed by atoms with Gasteiger partial charge in [0.1, 0.15) is 18.2 Å². The maximum Gasteiger partial charge on any atom is 0.412 e. The summed E-state index contributed by atoms with van der Waals surface area (Å²) in [5, 5.41) is 11.3. The van der Waals surface area contributed by atoms with Gasteiger partial charge in [-0.25, -0.2) is 9.78 Å². The zero-order valence-corrected chi connectivity index (χ0v) is 17.9. The van der Waals surface area contributed by atoms with Gasteiger partial charge in [0, 0.05) is 24.2 Å². The highest BCUT2D eigenvalue weighted by atomic mass is 16.5. The van der Waals surface area contributed by atoms with Crippen molar-refractivity contribution in [3.05, 3.63) is 54.7 Å². The molecule has 0 radical (unpaired) electrons. The Morgan fingerprint density at radius 3 is 2.57 bits per heavy atom. The van der Waals surface area contributed by atoms with Crippen molar-refractivity contribution in [1.82, 2.24) is 4.98 Å². The van der Waals surface area contributed by atoms with Gasteiger partial charge >= 0.3 is 6.09 Å². The molecule has 0 saturated carbocycles. The molecule has 6 heteroatoms. The number of hydrogen-bond acceptors (Lipinski definition) is 4. The molecule has 1 amide bonds. The minimum absolute atomic E-state index is 0.372. The van der Waals surface area contributed by atoms with E-state index in [1.807, 2.05) is 49.4 Å². The Kier molecular flexibility index (Phi) is 6.27. The molecule has 0 aliphatic rings. The molecule has 1 unspecified atom stereocenters. The Labute approximate surface area is 177 Å². The average Bonchev–Trinajstić information content (AvgIpc) is 2.70. The number of amides is 1. The van der Waals surface area contributed by atoms with Crippen LogP contribution in [0.2, 0.25) is 0 Å². The lowest BCUT2D eigenvalue weighted by molar-refractivity contribution is 0.203. The molecule has 30 heavy (non-hydrogen) atoms. The Balaban J connectivity index is 1.97. The van der Waals surface area contributed by atoms with Gasteiger partial charge in [-0.1, -0.05) is 44.2 Å². The zero-order valence-electron chi connectivity index (χ0n) is 17.9. The van der Waals surface area contributed by atoms with Crippen LogP contribution in [-0.2, 0) is 0 Å². The van der Waals surface area contributed by atoms with Crippen LogP contribution >= 0.6 is 0 Å². The summed E-state index contributed by atoms with van der Waals surface area (Å²) in [7, 11) is 1.48. The molecule has 1 atom stereocenters. The first-order chi connectivity index (χ1) is 14.2. The van der Waals surface area contributed by atoms with Crippen LogP contribution in [0.1, 0.15) is 27.2 Å². The molecule has 158 valence electrons. The topological polar surface area (TPSA) is 88.7 Å². The third-order valence-corrected chi connectivity index (χ3v) is 5.00. The van der Waals surface area contributed by atoms with Gasteiger partial charge in [-0.2, -0.15) is 0 Å². The van der Waals surface area contributed by atoms with Crippen molar-refractivity contribution in [2.75, 3.05) is 18.6 Å². The fourth-order valence-corrected chi connectivity index (χ4v) is 3.75. The third-order valence-electron chi connectivity index (χ3n) is 5.00. The quantitative estimate of drug-likeness (QED) is 0.565. The predicted molar refractivity (Wildman–Crippen MR) is 121 cm³/mol. The fourth-order valence-electron chi connectivity index (χ4n) is 3.75. The van der Waals surface area contributed by atoms with Crippen LogP contribution in [0.3, 0.4) is 0 Å². The maximum atomic E-state index is 11.3. The molecule has 6 nitrogen and oxygen atoms in total. The summed E-state index contributed by atoms with van der Waals surface area (Å²) in [6, 6.07) is 15.6. The number of fused-ring (bicyclic) bond motifs is 1. The standard InChI is InChI=1S/C24H29N3O3/c1-16(2)14-24(3,25)15-30-21-10-9-18(19-7-5-6-8-20(19)21)17-11-12-26-22(13-17)27(4)23(28)29/h5-13,16H,14-15,25H2,1-4H3,(H,28,29). The Bertz CT molecular complexity index is 1050. The highest BCUT2D eigenvalue weighted by Gasteiger charge is 2.22. The molecular formula is C24H29N3O3. The first-order valence-corrected chi connectivity index (χ1v) is 10.0. The van der Waals surface area contributed by atoms with E-state index in [2.05, 4.69) is 18.8 Å². The highest BCUT2D eigenvalue weighted by Crippen LogP contribution is 2.35. The van der Waals surface area contributed by atoms with Crippen LogP contribution < -0.4 is 15.4 Å². The number of nitrogens with zero attached hydrogens (tertiary/aromatic N) is 2. The Hall–Kier alpha value is -3.12. The SMILES string of the molecule is CC(C)CC(C)(N)COc1ccc(-c2ccnc(N(C)C(=O)O)c2)c2ccccc12. The highest BCUT2D eigenvalue weighted by molar-refractivity contribution is 6.00. The normalized spacial score (nSPS) is 13.3. The Morgan fingerprint density at radius 1 is 1.20 bits per heavy atom. The number of pyridine rings is 1. The summed E-state index contributed by atoms with van der Waals surface area (Å²) < 4.78 is 6.15. The second kappa shape index (κ2) is 8.71. The van der Waals surface area contributed by atoms with Gasteiger partial charge < -0.3 is 15.6 Å². The van der Waals surface area contributed by atoms with Gasteiger partial charge in [0.25, 0.3) is 0 Å². The molecule has 0 saturated heterocycles. The van der Waals surface area contributed by atoms with Crippen LogP contribution in [0.4, 0.5) is 10.6 Å². The molecule has 3 rings (SSSR count). The van der Waals surface area contributed by atoms with E-state index in [9.17, 15) is 9.90 Å². The van der Waals surface area contributed by atoms with Gasteiger partial charge in [-0.15, -0.1) is 0 Å². The van der Waals surface area contributed by atoms with E-state index in [0.717, 1.165) is 39.0 Å². The van der Waals surface area contributed by atoms with Crippen molar-refractivity contribution in [1.29, 1.82) is 0 Å². The van der Waals surface area contributed by atoms with Crippen molar-refractivity contribution in [2.24, 2.45) is 11.7 Å². The van der Waals surface area contributed by atoms with Gasteiger partial charge in [0.05, 0.1) is 0 Å². The number of aromatic nitrogens is 1. The molecule has 3 N–H and O–H groups in total. The number of carboxylic acid groups (broad SMARTS) is 1. The number of carbonyl (C=O) groups is 1. The van der Waals surface area contributed by atoms with E-state index < -0.39 is 11.6 Å². The molecule has 0 aliphatic heterocycles. The van der Waals surface area contributed by atoms with Crippen molar-refractivity contribution in [3.63, 3.8) is 0 Å². The molecular weight excluding hydrogens is 378 g/mol. The molecule has 1 aromatic heterocycles. The van der Waals surface area contributed by atoms with Crippen LogP contribution in [0.25, 0.3) is 21.9 Å². The maximum absolute atomic E-state index is 11.3. The Morgan fingerprint density at radius 2 is 1.90 bits per heavy atom. The molecule has 1 heterocycles. The van der Waals surface area contributed by atoms with Crippen molar-refractivity contribution in [2.45, 2.75) is 32.7 Å². The summed E-state index contributed by atoms with van der Waals surface area (Å²) in [4.78, 5) is 16.6. The third kappa shape index (κ3) is 4.89. The first kappa shape index (κ1) is 21.6. The second-order valence-electron chi connectivity index (χ2n) is 8.44. The molecule has 0 bridgehead atoms. The number of hydrogen-bond donors (Lipinski definition) is 2. The van der Waals surface area contributed by atoms with Crippen molar-refractivity contribution < 1.29 is 14.6 Å². The van der Waals surface area contributed by atoms with Crippen LogP contribution in [-0.4, -0.2) is 35.4 Å². The minimum Gasteiger partial charge on any atom is -0.491 e. The van der Waals surface area contributed by atoms with E-state index >= 15 is 0 Å². The van der Waals surface area contributed by atoms with Gasteiger partial charge in [-0.05, 0) is 54.0 Å². The minimum atomic E-state index is -1.06. The van der Waals surface area contributed by atoms with Crippen LogP contribution in [0, 0.1) is 5.92 Å².